The number of H-pyrrole nitrogens is 1. The molecule has 0 aromatic carbocycles. The summed E-state index contributed by atoms with van der Waals surface area (Å²) < 4.78 is 2.24. The highest BCUT2D eigenvalue weighted by molar-refractivity contribution is 5.94. The number of rotatable bonds is 6. The second-order valence-corrected chi connectivity index (χ2v) is 8.28. The lowest BCUT2D eigenvalue weighted by Crippen LogP contribution is -2.46. The van der Waals surface area contributed by atoms with E-state index in [0.29, 0.717) is 24.7 Å². The Hall–Kier alpha value is -3.52. The lowest BCUT2D eigenvalue weighted by Gasteiger charge is -2.40. The lowest BCUT2D eigenvalue weighted by molar-refractivity contribution is 0.0951. The van der Waals surface area contributed by atoms with Gasteiger partial charge in [-0.2, -0.15) is 0 Å². The topological polar surface area (TPSA) is 95.9 Å². The van der Waals surface area contributed by atoms with Crippen molar-refractivity contribution in [1.82, 2.24) is 29.7 Å². The van der Waals surface area contributed by atoms with Crippen molar-refractivity contribution < 1.29 is 4.79 Å². The number of likely N-dealkylation sites (tertiary alicyclic amines) is 1. The van der Waals surface area contributed by atoms with Crippen molar-refractivity contribution in [3.8, 4) is 0 Å². The fourth-order valence-corrected chi connectivity index (χ4v) is 4.36. The molecule has 0 unspecified atom stereocenters. The second-order valence-electron chi connectivity index (χ2n) is 8.28. The highest BCUT2D eigenvalue weighted by atomic mass is 16.1. The predicted molar refractivity (Wildman–Crippen MR) is 124 cm³/mol. The van der Waals surface area contributed by atoms with Gasteiger partial charge in [-0.1, -0.05) is 6.92 Å². The van der Waals surface area contributed by atoms with Gasteiger partial charge in [-0.25, -0.2) is 4.98 Å². The molecule has 0 atom stereocenters. The number of amides is 1. The highest BCUT2D eigenvalue weighted by Crippen LogP contribution is 2.28. The largest absolute Gasteiger partial charge is 0.351 e. The van der Waals surface area contributed by atoms with Crippen molar-refractivity contribution in [2.24, 2.45) is 0 Å². The minimum Gasteiger partial charge on any atom is -0.351 e. The average molecular weight is 431 g/mol. The molecule has 5 heterocycles. The van der Waals surface area contributed by atoms with Gasteiger partial charge in [0.15, 0.2) is 0 Å². The summed E-state index contributed by atoms with van der Waals surface area (Å²) in [6.45, 7) is 7.08. The first-order valence-corrected chi connectivity index (χ1v) is 11.0. The summed E-state index contributed by atoms with van der Waals surface area (Å²) in [5.41, 5.74) is 5.74. The van der Waals surface area contributed by atoms with E-state index in [4.69, 9.17) is 0 Å². The number of pyridine rings is 3. The zero-order valence-corrected chi connectivity index (χ0v) is 18.3. The maximum Gasteiger partial charge on any atom is 0.269 e. The van der Waals surface area contributed by atoms with Crippen molar-refractivity contribution in [3.63, 3.8) is 0 Å². The zero-order chi connectivity index (χ0) is 22.2. The van der Waals surface area contributed by atoms with E-state index in [0.717, 1.165) is 52.8 Å². The van der Waals surface area contributed by atoms with Gasteiger partial charge >= 0.3 is 0 Å². The number of hydrogen-bond donors (Lipinski definition) is 2. The molecule has 1 saturated heterocycles. The molecule has 2 N–H and O–H groups in total. The Morgan fingerprint density at radius 3 is 2.81 bits per heavy atom. The molecule has 8 heteroatoms. The third kappa shape index (κ3) is 3.67. The first kappa shape index (κ1) is 20.4. The Morgan fingerprint density at radius 1 is 1.19 bits per heavy atom. The number of fused-ring (bicyclic) bond motifs is 2. The van der Waals surface area contributed by atoms with E-state index in [1.54, 1.807) is 6.07 Å². The number of carbonyl (C=O) groups excluding carboxylic acids is 1. The van der Waals surface area contributed by atoms with Crippen LogP contribution in [0, 0.1) is 0 Å². The summed E-state index contributed by atoms with van der Waals surface area (Å²) in [7, 11) is 0. The van der Waals surface area contributed by atoms with Gasteiger partial charge in [0, 0.05) is 44.1 Å². The number of carbonyl (C=O) groups is 1. The fourth-order valence-electron chi connectivity index (χ4n) is 4.36. The van der Waals surface area contributed by atoms with Gasteiger partial charge in [0.25, 0.3) is 11.5 Å². The number of aromatic nitrogens is 4. The van der Waals surface area contributed by atoms with E-state index in [9.17, 15) is 9.59 Å². The van der Waals surface area contributed by atoms with Gasteiger partial charge in [0.2, 0.25) is 0 Å². The van der Waals surface area contributed by atoms with Crippen molar-refractivity contribution >= 4 is 28.0 Å². The van der Waals surface area contributed by atoms with Crippen LogP contribution in [0.3, 0.4) is 0 Å². The summed E-state index contributed by atoms with van der Waals surface area (Å²) >= 11 is 0. The van der Waals surface area contributed by atoms with Crippen LogP contribution in [0.2, 0.25) is 0 Å². The molecular weight excluding hydrogens is 404 g/mol. The Balaban J connectivity index is 1.27. The highest BCUT2D eigenvalue weighted by Gasteiger charge is 2.29. The van der Waals surface area contributed by atoms with Crippen LogP contribution in [0.1, 0.15) is 41.5 Å². The minimum atomic E-state index is -0.145. The molecule has 0 radical (unpaired) electrons. The number of nitrogens with zero attached hydrogens (tertiary/aromatic N) is 4. The third-order valence-corrected chi connectivity index (χ3v) is 6.09. The van der Waals surface area contributed by atoms with Crippen LogP contribution in [-0.2, 0) is 13.0 Å². The lowest BCUT2D eigenvalue weighted by atomic mass is 10.1. The van der Waals surface area contributed by atoms with Crippen LogP contribution in [0.15, 0.2) is 47.5 Å². The number of nitrogens with one attached hydrogen (secondary N) is 2. The van der Waals surface area contributed by atoms with E-state index in [1.807, 2.05) is 44.3 Å². The monoisotopic (exact) mass is 430 g/mol. The minimum absolute atomic E-state index is 0.0357. The van der Waals surface area contributed by atoms with Crippen LogP contribution in [-0.4, -0.2) is 50.0 Å². The average Bonchev–Trinajstić information content (AvgIpc) is 3.18. The maximum atomic E-state index is 12.1. The van der Waals surface area contributed by atoms with Crippen LogP contribution < -0.4 is 10.9 Å². The molecule has 0 saturated carbocycles. The van der Waals surface area contributed by atoms with Crippen LogP contribution >= 0.6 is 0 Å². The fraction of sp³-hybridized carbons (Fsp3) is 0.333. The molecule has 1 aliphatic heterocycles. The molecule has 4 aromatic heterocycles. The van der Waals surface area contributed by atoms with Gasteiger partial charge in [0.1, 0.15) is 5.69 Å². The predicted octanol–water partition coefficient (Wildman–Crippen LogP) is 2.64. The van der Waals surface area contributed by atoms with Crippen LogP contribution in [0.5, 0.6) is 0 Å². The first-order valence-electron chi connectivity index (χ1n) is 11.0. The summed E-state index contributed by atoms with van der Waals surface area (Å²) in [6.07, 6.45) is 4.64. The Morgan fingerprint density at radius 2 is 2.03 bits per heavy atom. The van der Waals surface area contributed by atoms with E-state index in [1.165, 1.54) is 0 Å². The third-order valence-electron chi connectivity index (χ3n) is 6.09. The molecule has 1 aliphatic rings. The maximum absolute atomic E-state index is 12.1. The molecular formula is C24H26N6O2. The normalized spacial score (nSPS) is 14.7. The quantitative estimate of drug-likeness (QED) is 0.490. The van der Waals surface area contributed by atoms with Gasteiger partial charge in [-0.15, -0.1) is 0 Å². The summed E-state index contributed by atoms with van der Waals surface area (Å²) in [6, 6.07) is 9.99. The Labute approximate surface area is 185 Å². The molecule has 1 amide bonds. The van der Waals surface area contributed by atoms with Crippen LogP contribution in [0.25, 0.3) is 22.1 Å². The number of aryl methyl sites for hydroxylation is 1. The molecule has 4 aromatic rings. The van der Waals surface area contributed by atoms with Crippen molar-refractivity contribution in [3.05, 3.63) is 69.9 Å². The molecule has 1 fully saturated rings. The molecule has 0 bridgehead atoms. The molecule has 0 aliphatic carbocycles. The molecule has 5 rings (SSSR count). The summed E-state index contributed by atoms with van der Waals surface area (Å²) in [5, 5.41) is 2.79. The number of aromatic amines is 1. The zero-order valence-electron chi connectivity index (χ0n) is 18.3. The molecule has 164 valence electrons. The Bertz CT molecular complexity index is 1370. The number of hydrogen-bond acceptors (Lipinski definition) is 5. The van der Waals surface area contributed by atoms with Gasteiger partial charge in [-0.3, -0.25) is 19.5 Å². The van der Waals surface area contributed by atoms with Gasteiger partial charge in [-0.05, 0) is 49.2 Å². The molecule has 0 spiro atoms. The van der Waals surface area contributed by atoms with E-state index < -0.39 is 0 Å². The van der Waals surface area contributed by atoms with E-state index >= 15 is 0 Å². The van der Waals surface area contributed by atoms with E-state index in [2.05, 4.69) is 35.9 Å². The van der Waals surface area contributed by atoms with Crippen molar-refractivity contribution in [1.29, 1.82) is 0 Å². The van der Waals surface area contributed by atoms with Gasteiger partial charge in [0.05, 0.1) is 28.1 Å². The van der Waals surface area contributed by atoms with Gasteiger partial charge < -0.3 is 14.9 Å². The Kier molecular flexibility index (Phi) is 5.22. The smallest absolute Gasteiger partial charge is 0.269 e. The molecule has 8 nitrogen and oxygen atoms in total. The van der Waals surface area contributed by atoms with Crippen molar-refractivity contribution in [2.45, 2.75) is 32.9 Å². The van der Waals surface area contributed by atoms with Crippen molar-refractivity contribution in [2.75, 3.05) is 19.6 Å². The first-order chi connectivity index (χ1) is 15.6. The summed E-state index contributed by atoms with van der Waals surface area (Å²) in [4.78, 5) is 38.5. The molecule has 32 heavy (non-hydrogen) atoms. The van der Waals surface area contributed by atoms with Crippen LogP contribution in [0.4, 0.5) is 0 Å². The summed E-state index contributed by atoms with van der Waals surface area (Å²) in [5.74, 6) is -0.145. The standard InChI is InChI=1S/C24H26N6O2/c1-3-16-10-20-21(28-23(16)31)9-15(11-26-20)12-29-13-17(14-29)30-8-7-18-22(30)6-5-19(27-18)24(32)25-4-2/h5-11,17H,3-4,12-14H2,1-2H3,(H,25,32)(H,28,31). The van der Waals surface area contributed by atoms with E-state index in [-0.39, 0.29) is 11.5 Å². The second kappa shape index (κ2) is 8.20. The SMILES string of the molecule is CCNC(=O)c1ccc2c(ccn2C2CN(Cc3cnc4cc(CC)c(=O)[nH]c4c3)C2)n1.